The molecule has 0 unspecified atom stereocenters. The van der Waals surface area contributed by atoms with Gasteiger partial charge in [-0.15, -0.1) is 0 Å². The van der Waals surface area contributed by atoms with Crippen LogP contribution in [-0.4, -0.2) is 24.2 Å². The first kappa shape index (κ1) is 50.8. The molecule has 0 bridgehead atoms. The van der Waals surface area contributed by atoms with Crippen molar-refractivity contribution in [1.82, 2.24) is 0 Å². The molecule has 35 heavy (non-hydrogen) atoms. The summed E-state index contributed by atoms with van der Waals surface area (Å²) in [6.07, 6.45) is 0. The van der Waals surface area contributed by atoms with Gasteiger partial charge in [-0.3, -0.25) is 9.97 Å². The smallest absolute Gasteiger partial charge is 0 e. The summed E-state index contributed by atoms with van der Waals surface area (Å²) in [5, 5.41) is 0. The molecule has 0 aromatic rings. The van der Waals surface area contributed by atoms with Crippen molar-refractivity contribution in [2.75, 3.05) is 0 Å². The molecule has 0 saturated heterocycles. The topological polar surface area (TPSA) is 0 Å². The van der Waals surface area contributed by atoms with Gasteiger partial charge < -0.3 is 50.0 Å². The Morgan fingerprint density at radius 2 is 0.686 bits per heavy atom. The second-order valence-corrected chi connectivity index (χ2v) is 24.3. The van der Waals surface area contributed by atoms with Crippen molar-refractivity contribution in [3.05, 3.63) is 68.6 Å². The summed E-state index contributed by atoms with van der Waals surface area (Å²) < 4.78 is 74.2. The van der Waals surface area contributed by atoms with Crippen LogP contribution in [-0.2, 0) is 98.1 Å². The predicted molar refractivity (Wildman–Crippen MR) is 136 cm³/mol. The van der Waals surface area contributed by atoms with Crippen LogP contribution in [0.15, 0.2) is 35.0 Å². The van der Waals surface area contributed by atoms with Crippen molar-refractivity contribution in [3.63, 3.8) is 0 Å². The SMILES string of the molecule is C[Si](C)(C)[C-]=C(F)C(F)=[C-]Br.C[Si](C)(C)[C-]=C(F)C(F)=[C-][Si](C)(C)C.[CH-]=C(F)C(F)=[C-]Br.[Y].[Y].[Y]. The van der Waals surface area contributed by atoms with Gasteiger partial charge in [-0.05, 0) is 24.2 Å². The third-order valence-electron chi connectivity index (χ3n) is 2.22. The van der Waals surface area contributed by atoms with Crippen LogP contribution in [0.5, 0.6) is 0 Å². The summed E-state index contributed by atoms with van der Waals surface area (Å²) in [6.45, 7) is 21.4. The van der Waals surface area contributed by atoms with E-state index in [1.54, 1.807) is 4.99 Å². The number of halogens is 8. The van der Waals surface area contributed by atoms with E-state index in [1.807, 2.05) is 63.9 Å². The Morgan fingerprint density at radius 3 is 0.800 bits per heavy atom. The van der Waals surface area contributed by atoms with E-state index in [0.29, 0.717) is 0 Å². The maximum absolute atomic E-state index is 13.2. The Hall–Kier alpha value is 2.94. The molecule has 0 rings (SSSR count). The van der Waals surface area contributed by atoms with Crippen LogP contribution in [0.1, 0.15) is 0 Å². The monoisotopic (exact) mass is 903 g/mol. The van der Waals surface area contributed by atoms with E-state index < -0.39 is 59.2 Å². The standard InChI is InChI=1S/C10H18F2Si2.C7H9BrF2Si.C4HBrF2.3Y/c1-13(2,3)7-9(11)10(12)8-14(4,5)6;1-11(2,3)5-7(10)6(9)4-8;1-3(6)4(7)2-5;;;/h1-6H3;1-3H3;1H;;;/q3*-2;;;. The van der Waals surface area contributed by atoms with Crippen LogP contribution in [0.3, 0.4) is 0 Å². The Labute approximate surface area is 303 Å². The van der Waals surface area contributed by atoms with Crippen LogP contribution in [0.4, 0.5) is 26.3 Å². The first-order valence-corrected chi connectivity index (χ1v) is 21.1. The third-order valence-corrected chi connectivity index (χ3v) is 5.82. The quantitative estimate of drug-likeness (QED) is 0.108. The zero-order chi connectivity index (χ0) is 26.5. The van der Waals surface area contributed by atoms with Crippen molar-refractivity contribution in [2.24, 2.45) is 0 Å². The molecule has 14 heteroatoms. The summed E-state index contributed by atoms with van der Waals surface area (Å²) in [4.78, 5) is 3.59. The average Bonchev–Trinajstić information content (AvgIpc) is 2.56. The maximum Gasteiger partial charge on any atom is 0 e. The molecule has 0 aliphatic heterocycles. The molecular formula is C21H28Br2F6Si3Y3-6. The van der Waals surface area contributed by atoms with Gasteiger partial charge in [0.1, 0.15) is 0 Å². The predicted octanol–water partition coefficient (Wildman–Crippen LogP) is 9.86. The molecule has 0 nitrogen and oxygen atoms in total. The molecule has 0 aliphatic rings. The van der Waals surface area contributed by atoms with Gasteiger partial charge in [-0.2, -0.15) is 35.0 Å². The molecule has 195 valence electrons. The molecule has 0 saturated carbocycles. The molecule has 0 aliphatic carbocycles. The molecule has 0 heterocycles. The normalized spacial score (nSPS) is 13.6. The van der Waals surface area contributed by atoms with E-state index in [4.69, 9.17) is 0 Å². The van der Waals surface area contributed by atoms with E-state index in [-0.39, 0.29) is 98.1 Å². The van der Waals surface area contributed by atoms with Gasteiger partial charge in [0.25, 0.3) is 0 Å². The fourth-order valence-electron chi connectivity index (χ4n) is 1.24. The molecule has 0 spiro atoms. The Bertz CT molecular complexity index is 738. The molecule has 0 aromatic carbocycles. The first-order chi connectivity index (χ1) is 14.1. The molecule has 0 N–H and O–H groups in total. The number of allylic oxidation sites excluding steroid dienone is 6. The van der Waals surface area contributed by atoms with Gasteiger partial charge in [0, 0.05) is 98.1 Å². The minimum atomic E-state index is -1.81. The Kier molecular flexibility index (Phi) is 35.8. The summed E-state index contributed by atoms with van der Waals surface area (Å²) in [7, 11) is -5.39. The molecule has 3 radical (unpaired) electrons. The van der Waals surface area contributed by atoms with Gasteiger partial charge in [0.15, 0.2) is 0 Å². The fraction of sp³-hybridized carbons (Fsp3) is 0.429. The third kappa shape index (κ3) is 39.2. The summed E-state index contributed by atoms with van der Waals surface area (Å²) >= 11 is 4.99. The van der Waals surface area contributed by atoms with Crippen LogP contribution in [0.2, 0.25) is 58.9 Å². The van der Waals surface area contributed by atoms with Crippen molar-refractivity contribution in [3.8, 4) is 0 Å². The van der Waals surface area contributed by atoms with E-state index in [9.17, 15) is 26.3 Å². The van der Waals surface area contributed by atoms with E-state index in [0.717, 1.165) is 0 Å². The number of hydrogen-bond donors (Lipinski definition) is 0. The first-order valence-electron chi connectivity index (χ1n) is 9.05. The van der Waals surface area contributed by atoms with Crippen LogP contribution >= 0.6 is 31.9 Å². The molecule has 0 aromatic heterocycles. The average molecular weight is 905 g/mol. The second-order valence-electron chi connectivity index (χ2n) is 9.23. The summed E-state index contributed by atoms with van der Waals surface area (Å²) in [6, 6.07) is 0. The van der Waals surface area contributed by atoms with Crippen LogP contribution in [0.25, 0.3) is 0 Å². The van der Waals surface area contributed by atoms with Gasteiger partial charge in [0.2, 0.25) is 0 Å². The molecule has 0 atom stereocenters. The van der Waals surface area contributed by atoms with Crippen molar-refractivity contribution in [2.45, 2.75) is 58.9 Å². The van der Waals surface area contributed by atoms with Gasteiger partial charge in [-0.25, -0.2) is 31.9 Å². The van der Waals surface area contributed by atoms with E-state index >= 15 is 0 Å². The zero-order valence-corrected chi connectivity index (χ0v) is 36.0. The second kappa shape index (κ2) is 24.7. The largest absolute Gasteiger partial charge is 0.359 e. The van der Waals surface area contributed by atoms with E-state index in [2.05, 4.69) is 55.5 Å². The van der Waals surface area contributed by atoms with Crippen LogP contribution in [0, 0.1) is 33.6 Å². The zero-order valence-electron chi connectivity index (χ0n) is 21.3. The Morgan fingerprint density at radius 1 is 0.486 bits per heavy atom. The summed E-state index contributed by atoms with van der Waals surface area (Å²) in [5.74, 6) is -6.25. The number of hydrogen-bond acceptors (Lipinski definition) is 0. The number of rotatable bonds is 6. The van der Waals surface area contributed by atoms with Gasteiger partial charge >= 0.3 is 0 Å². The van der Waals surface area contributed by atoms with Crippen molar-refractivity contribution in [1.29, 1.82) is 0 Å². The maximum atomic E-state index is 13.2. The Balaban J connectivity index is -0.0000000906. The molecular weight excluding hydrogens is 877 g/mol. The molecule has 0 fully saturated rings. The molecule has 0 amide bonds. The van der Waals surface area contributed by atoms with Crippen LogP contribution < -0.4 is 0 Å². The minimum Gasteiger partial charge on any atom is -0.359 e. The van der Waals surface area contributed by atoms with Crippen molar-refractivity contribution >= 4 is 56.1 Å². The minimum absolute atomic E-state index is 0. The van der Waals surface area contributed by atoms with Crippen molar-refractivity contribution < 1.29 is 124 Å². The van der Waals surface area contributed by atoms with Gasteiger partial charge in [0.05, 0.1) is 0 Å². The fourth-order valence-corrected chi connectivity index (χ4v) is 3.91. The summed E-state index contributed by atoms with van der Waals surface area (Å²) in [5.41, 5.74) is 7.61. The van der Waals surface area contributed by atoms with Gasteiger partial charge in [-0.1, -0.05) is 58.9 Å². The van der Waals surface area contributed by atoms with E-state index in [1.165, 1.54) is 0 Å².